The number of carbonyl (C=O) groups is 2. The summed E-state index contributed by atoms with van der Waals surface area (Å²) in [4.78, 5) is 37.2. The fourth-order valence-corrected chi connectivity index (χ4v) is 5.13. The van der Waals surface area contributed by atoms with Crippen LogP contribution in [0.5, 0.6) is 5.75 Å². The predicted molar refractivity (Wildman–Crippen MR) is 111 cm³/mol. The lowest BCUT2D eigenvalue weighted by Gasteiger charge is -2.43. The van der Waals surface area contributed by atoms with Gasteiger partial charge in [-0.1, -0.05) is 39.8 Å². The Bertz CT molecular complexity index is 1010. The summed E-state index contributed by atoms with van der Waals surface area (Å²) < 4.78 is 0. The number of nitrogens with one attached hydrogen (secondary N) is 1. The van der Waals surface area contributed by atoms with Gasteiger partial charge >= 0.3 is 5.69 Å². The summed E-state index contributed by atoms with van der Waals surface area (Å²) in [5, 5.41) is 25.5. The second kappa shape index (κ2) is 6.52. The van der Waals surface area contributed by atoms with Crippen LogP contribution in [0.1, 0.15) is 64.9 Å². The van der Waals surface area contributed by atoms with Crippen molar-refractivity contribution in [1.82, 2.24) is 5.32 Å². The van der Waals surface area contributed by atoms with Gasteiger partial charge in [-0.3, -0.25) is 19.7 Å². The van der Waals surface area contributed by atoms with Gasteiger partial charge in [0.1, 0.15) is 0 Å². The summed E-state index contributed by atoms with van der Waals surface area (Å²) in [6.07, 6.45) is 1.90. The Hall–Kier alpha value is -2.96. The van der Waals surface area contributed by atoms with Gasteiger partial charge in [0.2, 0.25) is 0 Å². The van der Waals surface area contributed by atoms with Crippen LogP contribution in [-0.4, -0.2) is 21.6 Å². The van der Waals surface area contributed by atoms with Gasteiger partial charge in [0, 0.05) is 52.9 Å². The normalized spacial score (nSPS) is 23.1. The molecule has 2 N–H and O–H groups in total. The molecule has 1 aromatic carbocycles. The molecule has 0 saturated heterocycles. The number of phenolic OH excluding ortho intramolecular Hbond substituents is 1. The lowest BCUT2D eigenvalue weighted by atomic mass is 9.64. The number of nitro groups is 1. The highest BCUT2D eigenvalue weighted by Crippen LogP contribution is 2.53. The molecule has 3 aliphatic rings. The molecule has 1 heterocycles. The first kappa shape index (κ1) is 20.3. The van der Waals surface area contributed by atoms with Gasteiger partial charge in [0.25, 0.3) is 0 Å². The van der Waals surface area contributed by atoms with Gasteiger partial charge in [-0.25, -0.2) is 0 Å². The maximum atomic E-state index is 13.2. The molecular weight excluding hydrogens is 384 g/mol. The van der Waals surface area contributed by atoms with E-state index in [1.165, 1.54) is 12.1 Å². The Kier molecular flexibility index (Phi) is 4.42. The minimum absolute atomic E-state index is 0.0890. The van der Waals surface area contributed by atoms with Crippen LogP contribution in [0, 0.1) is 20.9 Å². The zero-order chi connectivity index (χ0) is 22.0. The topological polar surface area (TPSA) is 110 Å². The van der Waals surface area contributed by atoms with E-state index in [2.05, 4.69) is 5.32 Å². The molecule has 0 atom stereocenters. The van der Waals surface area contributed by atoms with Gasteiger partial charge < -0.3 is 10.4 Å². The van der Waals surface area contributed by atoms with Crippen molar-refractivity contribution in [2.75, 3.05) is 0 Å². The number of aromatic hydroxyl groups is 1. The molecule has 2 aliphatic carbocycles. The SMILES string of the molecule is CC1(C)CC(=O)C2=C(C1)NC1=C(C(=O)CC(C)(C)C1)C2c1cccc([N+](=O)[O-])c1O. The van der Waals surface area contributed by atoms with Gasteiger partial charge in [-0.15, -0.1) is 0 Å². The molecule has 1 aromatic rings. The quantitative estimate of drug-likeness (QED) is 0.556. The van der Waals surface area contributed by atoms with Crippen molar-refractivity contribution < 1.29 is 19.6 Å². The number of phenols is 1. The zero-order valence-electron chi connectivity index (χ0n) is 17.7. The van der Waals surface area contributed by atoms with Crippen molar-refractivity contribution in [3.8, 4) is 5.75 Å². The van der Waals surface area contributed by atoms with E-state index < -0.39 is 22.3 Å². The third-order valence-corrected chi connectivity index (χ3v) is 6.27. The number of carbonyl (C=O) groups excluding carboxylic acids is 2. The molecular formula is C23H26N2O5. The fraction of sp³-hybridized carbons (Fsp3) is 0.478. The van der Waals surface area contributed by atoms with Crippen molar-refractivity contribution in [2.24, 2.45) is 10.8 Å². The van der Waals surface area contributed by atoms with Crippen LogP contribution in [0.25, 0.3) is 0 Å². The number of Topliss-reactive ketones (excluding diaryl/α,β-unsaturated/α-hetero) is 2. The Morgan fingerprint density at radius 1 is 0.967 bits per heavy atom. The van der Waals surface area contributed by atoms with E-state index in [0.717, 1.165) is 11.4 Å². The lowest BCUT2D eigenvalue weighted by molar-refractivity contribution is -0.385. The largest absolute Gasteiger partial charge is 0.502 e. The number of rotatable bonds is 2. The first-order chi connectivity index (χ1) is 13.9. The van der Waals surface area contributed by atoms with Crippen molar-refractivity contribution in [3.63, 3.8) is 0 Å². The Morgan fingerprint density at radius 2 is 1.47 bits per heavy atom. The Labute approximate surface area is 175 Å². The van der Waals surface area contributed by atoms with E-state index in [0.29, 0.717) is 36.8 Å². The number of hydrogen-bond acceptors (Lipinski definition) is 6. The fourth-order valence-electron chi connectivity index (χ4n) is 5.13. The number of ketones is 2. The smallest absolute Gasteiger partial charge is 0.311 e. The highest BCUT2D eigenvalue weighted by molar-refractivity contribution is 6.07. The second-order valence-electron chi connectivity index (χ2n) is 10.2. The highest BCUT2D eigenvalue weighted by atomic mass is 16.6. The highest BCUT2D eigenvalue weighted by Gasteiger charge is 2.47. The molecule has 0 unspecified atom stereocenters. The molecule has 0 bridgehead atoms. The third kappa shape index (κ3) is 3.22. The molecule has 30 heavy (non-hydrogen) atoms. The molecule has 1 aliphatic heterocycles. The van der Waals surface area contributed by atoms with E-state index in [4.69, 9.17) is 0 Å². The van der Waals surface area contributed by atoms with Crippen LogP contribution < -0.4 is 5.32 Å². The molecule has 7 heteroatoms. The average molecular weight is 410 g/mol. The summed E-state index contributed by atoms with van der Waals surface area (Å²) in [6, 6.07) is 4.29. The number of dihydropyridines is 1. The van der Waals surface area contributed by atoms with Crippen LogP contribution in [0.4, 0.5) is 5.69 Å². The lowest BCUT2D eigenvalue weighted by Crippen LogP contribution is -2.42. The number of para-hydroxylation sites is 1. The maximum absolute atomic E-state index is 13.2. The molecule has 0 saturated carbocycles. The third-order valence-electron chi connectivity index (χ3n) is 6.27. The number of nitro benzene ring substituents is 1. The zero-order valence-corrected chi connectivity index (χ0v) is 17.7. The van der Waals surface area contributed by atoms with Crippen LogP contribution >= 0.6 is 0 Å². The first-order valence-corrected chi connectivity index (χ1v) is 10.2. The van der Waals surface area contributed by atoms with Gasteiger partial charge in [-0.2, -0.15) is 0 Å². The van der Waals surface area contributed by atoms with Gasteiger partial charge in [-0.05, 0) is 23.7 Å². The van der Waals surface area contributed by atoms with E-state index in [1.807, 2.05) is 27.7 Å². The van der Waals surface area contributed by atoms with E-state index in [-0.39, 0.29) is 28.0 Å². The van der Waals surface area contributed by atoms with Crippen molar-refractivity contribution in [1.29, 1.82) is 0 Å². The summed E-state index contributed by atoms with van der Waals surface area (Å²) in [5.41, 5.74) is 1.78. The molecule has 0 radical (unpaired) electrons. The summed E-state index contributed by atoms with van der Waals surface area (Å²) in [7, 11) is 0. The second-order valence-corrected chi connectivity index (χ2v) is 10.2. The molecule has 158 valence electrons. The maximum Gasteiger partial charge on any atom is 0.311 e. The minimum atomic E-state index is -0.789. The predicted octanol–water partition coefficient (Wildman–Crippen LogP) is 4.27. The Morgan fingerprint density at radius 3 is 1.93 bits per heavy atom. The monoisotopic (exact) mass is 410 g/mol. The van der Waals surface area contributed by atoms with Crippen LogP contribution in [-0.2, 0) is 9.59 Å². The number of hydrogen-bond donors (Lipinski definition) is 2. The van der Waals surface area contributed by atoms with E-state index >= 15 is 0 Å². The molecule has 0 spiro atoms. The average Bonchev–Trinajstić information content (AvgIpc) is 2.57. The standard InChI is InChI=1S/C23H26N2O5/c1-22(2)8-13-19(16(26)10-22)18(12-6-5-7-15(21(12)28)25(29)30)20-14(24-13)9-23(3,4)11-17(20)27/h5-7,18,24,28H,8-11H2,1-4H3. The summed E-state index contributed by atoms with van der Waals surface area (Å²) >= 11 is 0. The van der Waals surface area contributed by atoms with Crippen molar-refractivity contribution in [3.05, 3.63) is 56.4 Å². The number of nitrogens with zero attached hydrogens (tertiary/aromatic N) is 1. The van der Waals surface area contributed by atoms with Crippen molar-refractivity contribution >= 4 is 17.3 Å². The van der Waals surface area contributed by atoms with Gasteiger partial charge in [0.15, 0.2) is 17.3 Å². The number of allylic oxidation sites excluding steroid dienone is 4. The van der Waals surface area contributed by atoms with Crippen LogP contribution in [0.15, 0.2) is 40.7 Å². The first-order valence-electron chi connectivity index (χ1n) is 10.2. The summed E-state index contributed by atoms with van der Waals surface area (Å²) in [6.45, 7) is 8.10. The van der Waals surface area contributed by atoms with Crippen molar-refractivity contribution in [2.45, 2.75) is 59.3 Å². The molecule has 7 nitrogen and oxygen atoms in total. The molecule has 0 amide bonds. The van der Waals surface area contributed by atoms with Gasteiger partial charge in [0.05, 0.1) is 4.92 Å². The molecule has 0 aromatic heterocycles. The van der Waals surface area contributed by atoms with E-state index in [1.54, 1.807) is 6.07 Å². The van der Waals surface area contributed by atoms with Crippen LogP contribution in [0.2, 0.25) is 0 Å². The minimum Gasteiger partial charge on any atom is -0.502 e. The summed E-state index contributed by atoms with van der Waals surface area (Å²) in [5.74, 6) is -1.45. The van der Waals surface area contributed by atoms with E-state index in [9.17, 15) is 24.8 Å². The Balaban J connectivity index is 1.97. The van der Waals surface area contributed by atoms with Crippen LogP contribution in [0.3, 0.4) is 0 Å². The molecule has 4 rings (SSSR count). The molecule has 0 fully saturated rings. The number of benzene rings is 1.